The first-order valence-electron chi connectivity index (χ1n) is 8.02. The molecule has 0 atom stereocenters. The maximum atomic E-state index is 11.7. The summed E-state index contributed by atoms with van der Waals surface area (Å²) in [7, 11) is 0. The Morgan fingerprint density at radius 2 is 1.95 bits per heavy atom. The van der Waals surface area contributed by atoms with Gasteiger partial charge in [-0.25, -0.2) is 0 Å². The molecule has 0 spiro atoms. The van der Waals surface area contributed by atoms with Crippen LogP contribution in [0.1, 0.15) is 38.8 Å². The van der Waals surface area contributed by atoms with Crippen LogP contribution >= 0.6 is 0 Å². The van der Waals surface area contributed by atoms with Gasteiger partial charge in [0.1, 0.15) is 0 Å². The number of carbonyl (C=O) groups excluding carboxylic acids is 1. The monoisotopic (exact) mass is 300 g/mol. The van der Waals surface area contributed by atoms with Gasteiger partial charge in [-0.05, 0) is 25.0 Å². The first-order valence-corrected chi connectivity index (χ1v) is 8.02. The third-order valence-corrected chi connectivity index (χ3v) is 3.50. The number of hydrogen-bond acceptors (Lipinski definition) is 3. The second kappa shape index (κ2) is 8.37. The number of nitrogens with zero attached hydrogens (tertiary/aromatic N) is 2. The standard InChI is InChI=1S/C18H24N2O2/c1-3-5-9-12-20-17(15-10-7-6-8-11-15)13-16(19-20)14-18(21)22-4-2/h6-8,10-11,13H,3-5,9,12,14H2,1-2H3. The Morgan fingerprint density at radius 1 is 1.18 bits per heavy atom. The second-order valence-electron chi connectivity index (χ2n) is 5.30. The van der Waals surface area contributed by atoms with Gasteiger partial charge < -0.3 is 4.74 Å². The molecule has 0 fully saturated rings. The SMILES string of the molecule is CCCCCn1nc(CC(=O)OCC)cc1-c1ccccc1. The smallest absolute Gasteiger partial charge is 0.311 e. The summed E-state index contributed by atoms with van der Waals surface area (Å²) in [5.41, 5.74) is 2.96. The second-order valence-corrected chi connectivity index (χ2v) is 5.30. The molecule has 0 unspecified atom stereocenters. The van der Waals surface area contributed by atoms with Crippen LogP contribution in [0.3, 0.4) is 0 Å². The first kappa shape index (κ1) is 16.3. The zero-order valence-corrected chi connectivity index (χ0v) is 13.4. The number of carbonyl (C=O) groups is 1. The molecule has 0 aliphatic rings. The molecule has 0 saturated carbocycles. The van der Waals surface area contributed by atoms with E-state index in [1.807, 2.05) is 35.9 Å². The third-order valence-electron chi connectivity index (χ3n) is 3.50. The van der Waals surface area contributed by atoms with Gasteiger partial charge in [0.05, 0.1) is 24.4 Å². The summed E-state index contributed by atoms with van der Waals surface area (Å²) in [4.78, 5) is 11.7. The van der Waals surface area contributed by atoms with Gasteiger partial charge in [0, 0.05) is 6.54 Å². The van der Waals surface area contributed by atoms with Crippen molar-refractivity contribution < 1.29 is 9.53 Å². The molecule has 1 heterocycles. The van der Waals surface area contributed by atoms with Crippen LogP contribution in [-0.2, 0) is 22.5 Å². The molecule has 0 aliphatic carbocycles. The van der Waals surface area contributed by atoms with Crippen molar-refractivity contribution in [1.29, 1.82) is 0 Å². The zero-order chi connectivity index (χ0) is 15.8. The molecule has 1 aromatic carbocycles. The Bertz CT molecular complexity index is 590. The number of hydrogen-bond donors (Lipinski definition) is 0. The maximum absolute atomic E-state index is 11.7. The van der Waals surface area contributed by atoms with Crippen LogP contribution < -0.4 is 0 Å². The molecule has 0 aliphatic heterocycles. The van der Waals surface area contributed by atoms with Gasteiger partial charge in [-0.15, -0.1) is 0 Å². The Morgan fingerprint density at radius 3 is 2.64 bits per heavy atom. The molecule has 0 bridgehead atoms. The summed E-state index contributed by atoms with van der Waals surface area (Å²) in [6.07, 6.45) is 3.68. The minimum atomic E-state index is -0.222. The van der Waals surface area contributed by atoms with Crippen molar-refractivity contribution in [2.75, 3.05) is 6.61 Å². The minimum absolute atomic E-state index is 0.222. The highest BCUT2D eigenvalue weighted by Gasteiger charge is 2.13. The highest BCUT2D eigenvalue weighted by atomic mass is 16.5. The van der Waals surface area contributed by atoms with E-state index in [2.05, 4.69) is 24.2 Å². The summed E-state index contributed by atoms with van der Waals surface area (Å²) in [5, 5.41) is 4.60. The Labute approximate surface area is 132 Å². The van der Waals surface area contributed by atoms with Gasteiger partial charge >= 0.3 is 5.97 Å². The number of ether oxygens (including phenoxy) is 1. The van der Waals surface area contributed by atoms with Crippen molar-refractivity contribution in [2.45, 2.75) is 46.1 Å². The van der Waals surface area contributed by atoms with Crippen LogP contribution in [0.25, 0.3) is 11.3 Å². The molecule has 0 saturated heterocycles. The molecule has 1 aromatic heterocycles. The lowest BCUT2D eigenvalue weighted by Gasteiger charge is -2.07. The maximum Gasteiger partial charge on any atom is 0.311 e. The topological polar surface area (TPSA) is 44.1 Å². The summed E-state index contributed by atoms with van der Waals surface area (Å²) in [6, 6.07) is 12.2. The van der Waals surface area contributed by atoms with Gasteiger partial charge in [-0.2, -0.15) is 5.10 Å². The van der Waals surface area contributed by atoms with E-state index in [1.165, 1.54) is 12.8 Å². The van der Waals surface area contributed by atoms with E-state index < -0.39 is 0 Å². The van der Waals surface area contributed by atoms with Crippen LogP contribution in [-0.4, -0.2) is 22.4 Å². The molecule has 2 aromatic rings. The molecule has 22 heavy (non-hydrogen) atoms. The Hall–Kier alpha value is -2.10. The molecule has 0 N–H and O–H groups in total. The number of rotatable bonds is 8. The third kappa shape index (κ3) is 4.45. The van der Waals surface area contributed by atoms with Crippen molar-refractivity contribution >= 4 is 5.97 Å². The lowest BCUT2D eigenvalue weighted by Crippen LogP contribution is -2.09. The van der Waals surface area contributed by atoms with Crippen LogP contribution in [0.5, 0.6) is 0 Å². The predicted octanol–water partition coefficient (Wildman–Crippen LogP) is 3.85. The summed E-state index contributed by atoms with van der Waals surface area (Å²) < 4.78 is 7.02. The van der Waals surface area contributed by atoms with Gasteiger partial charge in [-0.1, -0.05) is 50.1 Å². The van der Waals surface area contributed by atoms with E-state index in [0.717, 1.165) is 29.9 Å². The number of benzene rings is 1. The summed E-state index contributed by atoms with van der Waals surface area (Å²) >= 11 is 0. The molecule has 0 radical (unpaired) electrons. The summed E-state index contributed by atoms with van der Waals surface area (Å²) in [6.45, 7) is 5.28. The minimum Gasteiger partial charge on any atom is -0.466 e. The lowest BCUT2D eigenvalue weighted by atomic mass is 10.1. The predicted molar refractivity (Wildman–Crippen MR) is 87.5 cm³/mol. The van der Waals surface area contributed by atoms with Crippen molar-refractivity contribution in [2.24, 2.45) is 0 Å². The van der Waals surface area contributed by atoms with Crippen molar-refractivity contribution in [1.82, 2.24) is 9.78 Å². The normalized spacial score (nSPS) is 10.6. The average molecular weight is 300 g/mol. The van der Waals surface area contributed by atoms with E-state index in [4.69, 9.17) is 4.74 Å². The van der Waals surface area contributed by atoms with E-state index in [1.54, 1.807) is 0 Å². The fourth-order valence-corrected chi connectivity index (χ4v) is 2.44. The van der Waals surface area contributed by atoms with E-state index in [-0.39, 0.29) is 12.4 Å². The number of aromatic nitrogens is 2. The van der Waals surface area contributed by atoms with Gasteiger partial charge in [0.25, 0.3) is 0 Å². The first-order chi connectivity index (χ1) is 10.7. The van der Waals surface area contributed by atoms with E-state index >= 15 is 0 Å². The van der Waals surface area contributed by atoms with Crippen LogP contribution in [0.2, 0.25) is 0 Å². The van der Waals surface area contributed by atoms with E-state index in [0.29, 0.717) is 6.61 Å². The molecular weight excluding hydrogens is 276 g/mol. The fourth-order valence-electron chi connectivity index (χ4n) is 2.44. The quantitative estimate of drug-likeness (QED) is 0.549. The number of aryl methyl sites for hydroxylation is 1. The molecule has 2 rings (SSSR count). The Balaban J connectivity index is 2.21. The molecule has 4 heteroatoms. The van der Waals surface area contributed by atoms with Gasteiger partial charge in [-0.3, -0.25) is 9.48 Å². The largest absolute Gasteiger partial charge is 0.466 e. The van der Waals surface area contributed by atoms with Crippen molar-refractivity contribution in [3.8, 4) is 11.3 Å². The lowest BCUT2D eigenvalue weighted by molar-refractivity contribution is -0.142. The fraction of sp³-hybridized carbons (Fsp3) is 0.444. The highest BCUT2D eigenvalue weighted by Crippen LogP contribution is 2.21. The van der Waals surface area contributed by atoms with Crippen LogP contribution in [0, 0.1) is 0 Å². The average Bonchev–Trinajstić information content (AvgIpc) is 2.91. The highest BCUT2D eigenvalue weighted by molar-refractivity contribution is 5.72. The molecule has 0 amide bonds. The van der Waals surface area contributed by atoms with Gasteiger partial charge in [0.2, 0.25) is 0 Å². The van der Waals surface area contributed by atoms with Crippen molar-refractivity contribution in [3.05, 3.63) is 42.1 Å². The summed E-state index contributed by atoms with van der Waals surface area (Å²) in [5.74, 6) is -0.222. The molecular formula is C18H24N2O2. The zero-order valence-electron chi connectivity index (χ0n) is 13.4. The molecule has 118 valence electrons. The van der Waals surface area contributed by atoms with E-state index in [9.17, 15) is 4.79 Å². The van der Waals surface area contributed by atoms with Crippen LogP contribution in [0.15, 0.2) is 36.4 Å². The number of unbranched alkanes of at least 4 members (excludes halogenated alkanes) is 2. The number of esters is 1. The van der Waals surface area contributed by atoms with Crippen molar-refractivity contribution in [3.63, 3.8) is 0 Å². The van der Waals surface area contributed by atoms with Gasteiger partial charge in [0.15, 0.2) is 0 Å². The van der Waals surface area contributed by atoms with Crippen LogP contribution in [0.4, 0.5) is 0 Å². The molecule has 4 nitrogen and oxygen atoms in total. The Kier molecular flexibility index (Phi) is 6.19.